The molecule has 0 aromatic carbocycles. The zero-order valence-corrected chi connectivity index (χ0v) is 11.4. The highest BCUT2D eigenvalue weighted by molar-refractivity contribution is 5.57. The molecule has 4 nitrogen and oxygen atoms in total. The van der Waals surface area contributed by atoms with E-state index in [9.17, 15) is 5.26 Å². The van der Waals surface area contributed by atoms with E-state index < -0.39 is 0 Å². The second kappa shape index (κ2) is 4.93. The number of aryl methyl sites for hydroxylation is 1. The number of anilines is 1. The molecule has 0 bridgehead atoms. The molecule has 1 heterocycles. The maximum atomic E-state index is 9.38. The van der Waals surface area contributed by atoms with E-state index in [0.717, 1.165) is 36.9 Å². The molecule has 1 aliphatic carbocycles. The first-order valence-corrected chi connectivity index (χ1v) is 6.70. The van der Waals surface area contributed by atoms with Crippen LogP contribution in [0.5, 0.6) is 0 Å². The van der Waals surface area contributed by atoms with Crippen LogP contribution >= 0.6 is 0 Å². The zero-order chi connectivity index (χ0) is 13.2. The van der Waals surface area contributed by atoms with E-state index in [1.807, 2.05) is 6.92 Å². The van der Waals surface area contributed by atoms with Gasteiger partial charge in [-0.15, -0.1) is 5.10 Å². The highest BCUT2D eigenvalue weighted by Gasteiger charge is 2.33. The van der Waals surface area contributed by atoms with Crippen molar-refractivity contribution in [2.24, 2.45) is 0 Å². The van der Waals surface area contributed by atoms with E-state index in [0.29, 0.717) is 11.4 Å². The summed E-state index contributed by atoms with van der Waals surface area (Å²) < 4.78 is 0. The van der Waals surface area contributed by atoms with Gasteiger partial charge >= 0.3 is 0 Å². The van der Waals surface area contributed by atoms with Gasteiger partial charge in [-0.3, -0.25) is 0 Å². The zero-order valence-electron chi connectivity index (χ0n) is 11.4. The molecule has 1 saturated carbocycles. The van der Waals surface area contributed by atoms with Crippen LogP contribution in [0.4, 0.5) is 5.82 Å². The molecule has 0 amide bonds. The Bertz CT molecular complexity index is 483. The van der Waals surface area contributed by atoms with Gasteiger partial charge in [-0.05, 0) is 44.6 Å². The monoisotopic (exact) mass is 244 g/mol. The fourth-order valence-electron chi connectivity index (χ4n) is 2.50. The third kappa shape index (κ3) is 2.17. The first-order valence-electron chi connectivity index (χ1n) is 6.70. The van der Waals surface area contributed by atoms with Crippen LogP contribution in [0.25, 0.3) is 0 Å². The van der Waals surface area contributed by atoms with Gasteiger partial charge in [0, 0.05) is 5.54 Å². The largest absolute Gasteiger partial charge is 0.362 e. The number of rotatable bonds is 4. The topological polar surface area (TPSA) is 61.6 Å². The molecule has 2 rings (SSSR count). The van der Waals surface area contributed by atoms with Crippen molar-refractivity contribution in [2.45, 2.75) is 58.4 Å². The van der Waals surface area contributed by atoms with Crippen LogP contribution in [-0.4, -0.2) is 15.7 Å². The first kappa shape index (κ1) is 12.8. The third-order valence-electron chi connectivity index (χ3n) is 3.84. The molecule has 4 heteroatoms. The van der Waals surface area contributed by atoms with E-state index in [4.69, 9.17) is 0 Å². The van der Waals surface area contributed by atoms with Gasteiger partial charge in [0.15, 0.2) is 5.82 Å². The van der Waals surface area contributed by atoms with Crippen molar-refractivity contribution in [3.05, 3.63) is 16.8 Å². The summed E-state index contributed by atoms with van der Waals surface area (Å²) in [5.41, 5.74) is 2.76. The van der Waals surface area contributed by atoms with E-state index in [1.54, 1.807) is 0 Å². The standard InChI is InChI=1S/C14H20N4/c1-4-10-11(9-15)13(18-17-12(10)5-2)16-14(3)7-6-8-14/h4-8H2,1-3H3,(H,16,18). The van der Waals surface area contributed by atoms with Gasteiger partial charge < -0.3 is 5.32 Å². The summed E-state index contributed by atoms with van der Waals surface area (Å²) in [6.45, 7) is 6.29. The van der Waals surface area contributed by atoms with Crippen LogP contribution < -0.4 is 5.32 Å². The molecule has 0 spiro atoms. The number of nitriles is 1. The summed E-state index contributed by atoms with van der Waals surface area (Å²) in [5.74, 6) is 0.661. The lowest BCUT2D eigenvalue weighted by atomic mass is 9.78. The van der Waals surface area contributed by atoms with Gasteiger partial charge in [0.1, 0.15) is 11.6 Å². The molecule has 1 aromatic rings. The maximum absolute atomic E-state index is 9.38. The molecular formula is C14H20N4. The van der Waals surface area contributed by atoms with E-state index in [1.165, 1.54) is 6.42 Å². The highest BCUT2D eigenvalue weighted by Crippen LogP contribution is 2.35. The van der Waals surface area contributed by atoms with Crippen LogP contribution in [-0.2, 0) is 12.8 Å². The SMILES string of the molecule is CCc1nnc(NC2(C)CCC2)c(C#N)c1CC. The molecule has 0 aliphatic heterocycles. The average molecular weight is 244 g/mol. The highest BCUT2D eigenvalue weighted by atomic mass is 15.2. The van der Waals surface area contributed by atoms with Crippen molar-refractivity contribution in [1.82, 2.24) is 10.2 Å². The van der Waals surface area contributed by atoms with E-state index >= 15 is 0 Å². The maximum Gasteiger partial charge on any atom is 0.167 e. The fraction of sp³-hybridized carbons (Fsp3) is 0.643. The lowest BCUT2D eigenvalue weighted by molar-refractivity contribution is 0.305. The number of aromatic nitrogens is 2. The average Bonchev–Trinajstić information content (AvgIpc) is 2.36. The normalized spacial score (nSPS) is 16.8. The minimum Gasteiger partial charge on any atom is -0.362 e. The molecule has 1 aromatic heterocycles. The second-order valence-corrected chi connectivity index (χ2v) is 5.21. The molecular weight excluding hydrogens is 224 g/mol. The Morgan fingerprint density at radius 2 is 2.00 bits per heavy atom. The quantitative estimate of drug-likeness (QED) is 0.884. The third-order valence-corrected chi connectivity index (χ3v) is 3.84. The minimum atomic E-state index is 0.0963. The summed E-state index contributed by atoms with van der Waals surface area (Å²) in [5, 5.41) is 21.3. The van der Waals surface area contributed by atoms with Gasteiger partial charge in [-0.25, -0.2) is 0 Å². The summed E-state index contributed by atoms with van der Waals surface area (Å²) in [4.78, 5) is 0. The summed E-state index contributed by atoms with van der Waals surface area (Å²) in [6.07, 6.45) is 5.16. The van der Waals surface area contributed by atoms with Crippen molar-refractivity contribution in [2.75, 3.05) is 5.32 Å². The van der Waals surface area contributed by atoms with Crippen LogP contribution in [0.15, 0.2) is 0 Å². The van der Waals surface area contributed by atoms with Crippen molar-refractivity contribution in [3.8, 4) is 6.07 Å². The fourth-order valence-corrected chi connectivity index (χ4v) is 2.50. The summed E-state index contributed by atoms with van der Waals surface area (Å²) in [7, 11) is 0. The molecule has 18 heavy (non-hydrogen) atoms. The van der Waals surface area contributed by atoms with Crippen LogP contribution in [0.3, 0.4) is 0 Å². The number of hydrogen-bond donors (Lipinski definition) is 1. The molecule has 96 valence electrons. The minimum absolute atomic E-state index is 0.0963. The van der Waals surface area contributed by atoms with Crippen LogP contribution in [0, 0.1) is 11.3 Å². The molecule has 1 fully saturated rings. The van der Waals surface area contributed by atoms with E-state index in [-0.39, 0.29) is 5.54 Å². The smallest absolute Gasteiger partial charge is 0.167 e. The molecule has 0 saturated heterocycles. The summed E-state index contributed by atoms with van der Waals surface area (Å²) >= 11 is 0. The van der Waals surface area contributed by atoms with Gasteiger partial charge in [0.25, 0.3) is 0 Å². The predicted molar refractivity (Wildman–Crippen MR) is 71.4 cm³/mol. The number of nitrogens with zero attached hydrogens (tertiary/aromatic N) is 3. The van der Waals surface area contributed by atoms with E-state index in [2.05, 4.69) is 35.4 Å². The number of nitrogens with one attached hydrogen (secondary N) is 1. The van der Waals surface area contributed by atoms with Crippen molar-refractivity contribution in [1.29, 1.82) is 5.26 Å². The van der Waals surface area contributed by atoms with Gasteiger partial charge in [0.05, 0.1) is 5.69 Å². The van der Waals surface area contributed by atoms with Crippen molar-refractivity contribution in [3.63, 3.8) is 0 Å². The van der Waals surface area contributed by atoms with Gasteiger partial charge in [0.2, 0.25) is 0 Å². The van der Waals surface area contributed by atoms with Gasteiger partial charge in [-0.1, -0.05) is 13.8 Å². The van der Waals surface area contributed by atoms with Crippen molar-refractivity contribution >= 4 is 5.82 Å². The Labute approximate surface area is 108 Å². The molecule has 0 radical (unpaired) electrons. The lowest BCUT2D eigenvalue weighted by Crippen LogP contribution is -2.42. The Morgan fingerprint density at radius 1 is 1.28 bits per heavy atom. The second-order valence-electron chi connectivity index (χ2n) is 5.21. The van der Waals surface area contributed by atoms with Crippen LogP contribution in [0.2, 0.25) is 0 Å². The van der Waals surface area contributed by atoms with Crippen LogP contribution in [0.1, 0.15) is 56.9 Å². The summed E-state index contributed by atoms with van der Waals surface area (Å²) in [6, 6.07) is 2.30. The molecule has 0 unspecified atom stereocenters. The Balaban J connectivity index is 2.39. The Hall–Kier alpha value is -1.63. The Kier molecular flexibility index (Phi) is 3.51. The van der Waals surface area contributed by atoms with Gasteiger partial charge in [-0.2, -0.15) is 10.4 Å². The molecule has 0 atom stereocenters. The molecule has 1 N–H and O–H groups in total. The predicted octanol–water partition coefficient (Wildman–Crippen LogP) is 2.83. The lowest BCUT2D eigenvalue weighted by Gasteiger charge is -2.39. The number of hydrogen-bond acceptors (Lipinski definition) is 4. The Morgan fingerprint density at radius 3 is 2.44 bits per heavy atom. The van der Waals surface area contributed by atoms with Crippen molar-refractivity contribution < 1.29 is 0 Å². The molecule has 1 aliphatic rings. The first-order chi connectivity index (χ1) is 8.63.